The van der Waals surface area contributed by atoms with Crippen LogP contribution in [0.25, 0.3) is 0 Å². The summed E-state index contributed by atoms with van der Waals surface area (Å²) in [4.78, 5) is 0. The average molecular weight is 220 g/mol. The van der Waals surface area contributed by atoms with E-state index >= 15 is 0 Å². The van der Waals surface area contributed by atoms with Crippen LogP contribution in [0.15, 0.2) is 18.2 Å². The Kier molecular flexibility index (Phi) is 4.97. The van der Waals surface area contributed by atoms with E-state index in [4.69, 9.17) is 12.2 Å². The Hall–Kier alpha value is -1.37. The summed E-state index contributed by atoms with van der Waals surface area (Å²) in [7, 11) is 0. The van der Waals surface area contributed by atoms with Crippen molar-refractivity contribution in [2.75, 3.05) is 13.1 Å². The third-order valence-corrected chi connectivity index (χ3v) is 2.42. The third-order valence-electron chi connectivity index (χ3n) is 2.42. The lowest BCUT2D eigenvalue weighted by Gasteiger charge is -2.17. The van der Waals surface area contributed by atoms with Crippen LogP contribution < -0.4 is 11.1 Å². The maximum Gasteiger partial charge on any atom is 0.128 e. The largest absolute Gasteiger partial charge is 0.329 e. The van der Waals surface area contributed by atoms with Crippen molar-refractivity contribution in [2.24, 2.45) is 5.73 Å². The normalized spacial score (nSPS) is 12.1. The van der Waals surface area contributed by atoms with Crippen molar-refractivity contribution in [1.29, 1.82) is 0 Å². The first kappa shape index (κ1) is 12.7. The summed E-state index contributed by atoms with van der Waals surface area (Å²) in [6.45, 7) is 2.93. The Morgan fingerprint density at radius 2 is 2.31 bits per heavy atom. The molecule has 1 aromatic carbocycles. The van der Waals surface area contributed by atoms with Gasteiger partial charge in [0.05, 0.1) is 0 Å². The lowest BCUT2D eigenvalue weighted by Crippen LogP contribution is -2.29. The molecule has 2 nitrogen and oxygen atoms in total. The molecule has 1 rings (SSSR count). The molecule has 0 bridgehead atoms. The second-order valence-corrected chi connectivity index (χ2v) is 3.72. The van der Waals surface area contributed by atoms with Gasteiger partial charge in [-0.3, -0.25) is 0 Å². The first-order valence-electron chi connectivity index (χ1n) is 5.32. The van der Waals surface area contributed by atoms with E-state index in [0.717, 1.165) is 5.56 Å². The molecule has 1 atom stereocenters. The van der Waals surface area contributed by atoms with Gasteiger partial charge < -0.3 is 11.1 Å². The van der Waals surface area contributed by atoms with Crippen LogP contribution in [0.4, 0.5) is 4.39 Å². The molecule has 3 N–H and O–H groups in total. The molecule has 0 saturated carbocycles. The Balaban J connectivity index is 2.78. The molecule has 0 amide bonds. The van der Waals surface area contributed by atoms with Gasteiger partial charge in [0.2, 0.25) is 0 Å². The molecule has 0 aromatic heterocycles. The number of benzene rings is 1. The van der Waals surface area contributed by atoms with Crippen molar-refractivity contribution in [3.05, 3.63) is 35.1 Å². The van der Waals surface area contributed by atoms with Crippen molar-refractivity contribution in [2.45, 2.75) is 19.4 Å². The van der Waals surface area contributed by atoms with E-state index in [2.05, 4.69) is 11.2 Å². The summed E-state index contributed by atoms with van der Waals surface area (Å²) in [5, 5.41) is 3.15. The van der Waals surface area contributed by atoms with E-state index in [1.807, 2.05) is 13.0 Å². The van der Waals surface area contributed by atoms with E-state index in [-0.39, 0.29) is 11.9 Å². The zero-order valence-electron chi connectivity index (χ0n) is 9.46. The quantitative estimate of drug-likeness (QED) is 0.586. The van der Waals surface area contributed by atoms with Gasteiger partial charge in [0.15, 0.2) is 0 Å². The molecule has 0 aliphatic rings. The number of halogens is 1. The van der Waals surface area contributed by atoms with Crippen LogP contribution in [0.2, 0.25) is 0 Å². The van der Waals surface area contributed by atoms with Gasteiger partial charge in [-0.25, -0.2) is 4.39 Å². The minimum Gasteiger partial charge on any atom is -0.329 e. The van der Waals surface area contributed by atoms with E-state index in [1.165, 1.54) is 6.07 Å². The molecular formula is C13H17FN2. The number of nitrogens with two attached hydrogens (primary N) is 1. The standard InChI is InChI=1S/C13H17FN2/c1-3-4-7-16-13(9-15)11-8-10(2)5-6-12(11)14/h1,5-6,8,13,16H,4,7,9,15H2,2H3. The van der Waals surface area contributed by atoms with Crippen LogP contribution in [-0.2, 0) is 0 Å². The minimum absolute atomic E-state index is 0.173. The summed E-state index contributed by atoms with van der Waals surface area (Å²) in [5.74, 6) is 2.30. The van der Waals surface area contributed by atoms with Crippen LogP contribution in [0, 0.1) is 25.1 Å². The Morgan fingerprint density at radius 3 is 2.94 bits per heavy atom. The summed E-state index contributed by atoms with van der Waals surface area (Å²) in [6, 6.07) is 4.85. The van der Waals surface area contributed by atoms with Crippen LogP contribution in [-0.4, -0.2) is 13.1 Å². The first-order chi connectivity index (χ1) is 7.69. The van der Waals surface area contributed by atoms with Gasteiger partial charge in [-0.05, 0) is 13.0 Å². The van der Waals surface area contributed by atoms with Crippen molar-refractivity contribution in [3.63, 3.8) is 0 Å². The summed E-state index contributed by atoms with van der Waals surface area (Å²) in [5.41, 5.74) is 7.26. The molecule has 0 fully saturated rings. The van der Waals surface area contributed by atoms with Gasteiger partial charge in [0.25, 0.3) is 0 Å². The maximum absolute atomic E-state index is 13.6. The fraction of sp³-hybridized carbons (Fsp3) is 0.385. The third kappa shape index (κ3) is 3.34. The lowest BCUT2D eigenvalue weighted by molar-refractivity contribution is 0.512. The smallest absolute Gasteiger partial charge is 0.128 e. The summed E-state index contributed by atoms with van der Waals surface area (Å²) >= 11 is 0. The van der Waals surface area contributed by atoms with Crippen LogP contribution in [0.3, 0.4) is 0 Å². The van der Waals surface area contributed by atoms with E-state index in [9.17, 15) is 4.39 Å². The van der Waals surface area contributed by atoms with Crippen LogP contribution >= 0.6 is 0 Å². The van der Waals surface area contributed by atoms with Crippen molar-refractivity contribution >= 4 is 0 Å². The van der Waals surface area contributed by atoms with Crippen LogP contribution in [0.5, 0.6) is 0 Å². The topological polar surface area (TPSA) is 38.0 Å². The zero-order valence-corrected chi connectivity index (χ0v) is 9.46. The maximum atomic E-state index is 13.6. The molecular weight excluding hydrogens is 203 g/mol. The SMILES string of the molecule is C#CCCNC(CN)c1cc(C)ccc1F. The zero-order chi connectivity index (χ0) is 12.0. The van der Waals surface area contributed by atoms with Crippen LogP contribution in [0.1, 0.15) is 23.6 Å². The average Bonchev–Trinajstić information content (AvgIpc) is 2.28. The highest BCUT2D eigenvalue weighted by atomic mass is 19.1. The van der Waals surface area contributed by atoms with E-state index < -0.39 is 0 Å². The molecule has 0 aliphatic heterocycles. The number of hydrogen-bond acceptors (Lipinski definition) is 2. The molecule has 0 radical (unpaired) electrons. The van der Waals surface area contributed by atoms with Gasteiger partial charge in [-0.15, -0.1) is 12.3 Å². The van der Waals surface area contributed by atoms with E-state index in [0.29, 0.717) is 25.1 Å². The number of aryl methyl sites for hydroxylation is 1. The number of rotatable bonds is 5. The highest BCUT2D eigenvalue weighted by Crippen LogP contribution is 2.17. The number of hydrogen-bond donors (Lipinski definition) is 2. The molecule has 0 heterocycles. The van der Waals surface area contributed by atoms with Gasteiger partial charge in [0.1, 0.15) is 5.82 Å². The van der Waals surface area contributed by atoms with Crippen molar-refractivity contribution in [3.8, 4) is 12.3 Å². The van der Waals surface area contributed by atoms with Gasteiger partial charge in [-0.1, -0.05) is 17.7 Å². The molecule has 0 saturated heterocycles. The molecule has 16 heavy (non-hydrogen) atoms. The predicted octanol–water partition coefficient (Wildman–Crippen LogP) is 1.75. The van der Waals surface area contributed by atoms with Gasteiger partial charge >= 0.3 is 0 Å². The number of nitrogens with one attached hydrogen (secondary N) is 1. The lowest BCUT2D eigenvalue weighted by atomic mass is 10.0. The van der Waals surface area contributed by atoms with Crippen molar-refractivity contribution < 1.29 is 4.39 Å². The monoisotopic (exact) mass is 220 g/mol. The van der Waals surface area contributed by atoms with E-state index in [1.54, 1.807) is 6.07 Å². The highest BCUT2D eigenvalue weighted by Gasteiger charge is 2.13. The first-order valence-corrected chi connectivity index (χ1v) is 5.32. The Bertz CT molecular complexity index is 382. The molecule has 3 heteroatoms. The number of terminal acetylenes is 1. The molecule has 0 spiro atoms. The minimum atomic E-state index is -0.228. The second kappa shape index (κ2) is 6.26. The van der Waals surface area contributed by atoms with Gasteiger partial charge in [-0.2, -0.15) is 0 Å². The fourth-order valence-electron chi connectivity index (χ4n) is 1.57. The summed E-state index contributed by atoms with van der Waals surface area (Å²) < 4.78 is 13.6. The molecule has 1 aromatic rings. The predicted molar refractivity (Wildman–Crippen MR) is 64.4 cm³/mol. The second-order valence-electron chi connectivity index (χ2n) is 3.72. The van der Waals surface area contributed by atoms with Gasteiger partial charge in [0, 0.05) is 31.1 Å². The molecule has 0 aliphatic carbocycles. The summed E-state index contributed by atoms with van der Waals surface area (Å²) in [6.07, 6.45) is 5.77. The highest BCUT2D eigenvalue weighted by molar-refractivity contribution is 5.27. The Morgan fingerprint density at radius 1 is 1.56 bits per heavy atom. The molecule has 86 valence electrons. The van der Waals surface area contributed by atoms with Crippen molar-refractivity contribution in [1.82, 2.24) is 5.32 Å². The molecule has 1 unspecified atom stereocenters. The fourth-order valence-corrected chi connectivity index (χ4v) is 1.57. The Labute approximate surface area is 96.0 Å².